The van der Waals surface area contributed by atoms with Crippen molar-refractivity contribution in [2.45, 2.75) is 32.6 Å². The van der Waals surface area contributed by atoms with Crippen LogP contribution in [0.4, 0.5) is 14.9 Å². The van der Waals surface area contributed by atoms with Gasteiger partial charge in [0.15, 0.2) is 12.2 Å². The van der Waals surface area contributed by atoms with Gasteiger partial charge in [-0.3, -0.25) is 14.6 Å². The molecule has 3 amide bonds. The number of likely N-dealkylation sites (N-methyl/N-ethyl adjacent to an activating group) is 1. The summed E-state index contributed by atoms with van der Waals surface area (Å²) in [5, 5.41) is 0. The van der Waals surface area contributed by atoms with Crippen LogP contribution in [-0.4, -0.2) is 51.9 Å². The van der Waals surface area contributed by atoms with E-state index < -0.39 is 24.1 Å². The summed E-state index contributed by atoms with van der Waals surface area (Å²) in [4.78, 5) is 37.6. The zero-order valence-electron chi connectivity index (χ0n) is 17.5. The smallest absolute Gasteiger partial charge is 0.302 e. The van der Waals surface area contributed by atoms with E-state index in [2.05, 4.69) is 0 Å². The summed E-state index contributed by atoms with van der Waals surface area (Å²) in [5.41, 5.74) is 3.27. The van der Waals surface area contributed by atoms with E-state index in [1.165, 1.54) is 11.0 Å². The fourth-order valence-electron chi connectivity index (χ4n) is 4.41. The summed E-state index contributed by atoms with van der Waals surface area (Å²) >= 11 is 0. The highest BCUT2D eigenvalue weighted by Crippen LogP contribution is 2.37. The number of hydrogen-bond acceptors (Lipinski definition) is 5. The molecule has 3 aliphatic rings. The van der Waals surface area contributed by atoms with Gasteiger partial charge in [0.05, 0.1) is 12.2 Å². The molecule has 2 aromatic carbocycles. The van der Waals surface area contributed by atoms with Gasteiger partial charge in [-0.15, -0.1) is 0 Å². The van der Waals surface area contributed by atoms with Crippen molar-refractivity contribution in [1.29, 1.82) is 0 Å². The molecule has 5 rings (SSSR count). The number of para-hydroxylation sites is 1. The minimum Gasteiger partial charge on any atom is -0.302 e. The maximum atomic E-state index is 14.2. The van der Waals surface area contributed by atoms with Crippen molar-refractivity contribution in [2.75, 3.05) is 11.9 Å². The first kappa shape index (κ1) is 19.3. The molecule has 2 atom stereocenters. The number of imide groups is 1. The molecule has 0 saturated carbocycles. The first-order valence-electron chi connectivity index (χ1n) is 10.1. The van der Waals surface area contributed by atoms with E-state index >= 15 is 0 Å². The first-order valence-corrected chi connectivity index (χ1v) is 10.1. The molecule has 0 N–H and O–H groups in total. The third-order valence-electron chi connectivity index (χ3n) is 6.03. The number of benzene rings is 2. The Hall–Kier alpha value is -3.68. The van der Waals surface area contributed by atoms with Crippen LogP contribution in [0.3, 0.4) is 0 Å². The number of nitrogens with zero attached hydrogens (tertiary/aromatic N) is 5. The summed E-state index contributed by atoms with van der Waals surface area (Å²) in [6, 6.07) is 12.9. The summed E-state index contributed by atoms with van der Waals surface area (Å²) in [5.74, 6) is -0.216. The molecule has 3 heterocycles. The Bertz CT molecular complexity index is 1160. The summed E-state index contributed by atoms with van der Waals surface area (Å²) < 4.78 is 14.2. The van der Waals surface area contributed by atoms with E-state index in [1.54, 1.807) is 25.2 Å². The van der Waals surface area contributed by atoms with Crippen molar-refractivity contribution in [3.8, 4) is 0 Å². The zero-order valence-corrected chi connectivity index (χ0v) is 17.5. The van der Waals surface area contributed by atoms with Gasteiger partial charge in [-0.2, -0.15) is 0 Å². The van der Waals surface area contributed by atoms with E-state index in [9.17, 15) is 14.0 Å². The van der Waals surface area contributed by atoms with Crippen LogP contribution in [0, 0.1) is 12.7 Å². The van der Waals surface area contributed by atoms with Crippen LogP contribution in [-0.2, 0) is 11.3 Å². The number of aliphatic imine (C=N–C) groups is 1. The number of halogens is 1. The second kappa shape index (κ2) is 6.94. The lowest BCUT2D eigenvalue weighted by molar-refractivity contribution is -0.137. The van der Waals surface area contributed by atoms with Crippen molar-refractivity contribution < 1.29 is 14.0 Å². The predicted molar refractivity (Wildman–Crippen MR) is 114 cm³/mol. The fraction of sp³-hybridized carbons (Fsp3) is 0.261. The molecule has 0 aromatic heterocycles. The maximum Gasteiger partial charge on any atom is 0.328 e. The van der Waals surface area contributed by atoms with Gasteiger partial charge in [0.2, 0.25) is 5.96 Å². The second-order valence-electron chi connectivity index (χ2n) is 8.00. The van der Waals surface area contributed by atoms with Gasteiger partial charge in [0.25, 0.3) is 5.91 Å². The lowest BCUT2D eigenvalue weighted by Gasteiger charge is -2.40. The Labute approximate surface area is 179 Å². The van der Waals surface area contributed by atoms with Crippen LogP contribution in [0.2, 0.25) is 0 Å². The van der Waals surface area contributed by atoms with Crippen LogP contribution in [0.5, 0.6) is 0 Å². The number of rotatable bonds is 3. The number of guanidine groups is 1. The number of aryl methyl sites for hydroxylation is 1. The van der Waals surface area contributed by atoms with Gasteiger partial charge in [-0.1, -0.05) is 36.4 Å². The van der Waals surface area contributed by atoms with Crippen LogP contribution in [0.25, 0.3) is 0 Å². The molecule has 3 aliphatic heterocycles. The number of urea groups is 1. The first-order chi connectivity index (χ1) is 14.9. The molecule has 8 heteroatoms. The fourth-order valence-corrected chi connectivity index (χ4v) is 4.41. The van der Waals surface area contributed by atoms with Crippen LogP contribution < -0.4 is 4.90 Å². The van der Waals surface area contributed by atoms with E-state index in [0.717, 1.165) is 21.8 Å². The molecule has 31 heavy (non-hydrogen) atoms. The Morgan fingerprint density at radius 1 is 1.03 bits per heavy atom. The number of anilines is 1. The van der Waals surface area contributed by atoms with Gasteiger partial charge < -0.3 is 9.80 Å². The average Bonchev–Trinajstić information content (AvgIpc) is 3.26. The average molecular weight is 419 g/mol. The number of fused-ring (bicyclic) bond motifs is 3. The number of amides is 3. The van der Waals surface area contributed by atoms with E-state index in [-0.39, 0.29) is 12.5 Å². The highest BCUT2D eigenvalue weighted by atomic mass is 19.1. The molecule has 2 unspecified atom stereocenters. The monoisotopic (exact) mass is 419 g/mol. The Kier molecular flexibility index (Phi) is 4.32. The minimum atomic E-state index is -0.687. The standard InChI is InChI=1S/C23H22FN5O2/c1-14-8-4-7-11-18(14)29-15(2)12-27-19-20(25-22(27)29)26(3)23(31)28(21(19)30)13-16-9-5-6-10-17(16)24/h4-12,19-20H,13H2,1-3H3. The summed E-state index contributed by atoms with van der Waals surface area (Å²) in [6.07, 6.45) is 1.25. The van der Waals surface area contributed by atoms with Crippen molar-refractivity contribution >= 4 is 23.6 Å². The molecular weight excluding hydrogens is 397 g/mol. The zero-order chi connectivity index (χ0) is 21.9. The van der Waals surface area contributed by atoms with Gasteiger partial charge in [-0.05, 0) is 31.5 Å². The molecule has 158 valence electrons. The summed E-state index contributed by atoms with van der Waals surface area (Å²) in [6.45, 7) is 3.86. The number of allylic oxidation sites excluding steroid dienone is 1. The molecule has 7 nitrogen and oxygen atoms in total. The molecule has 0 aliphatic carbocycles. The van der Waals surface area contributed by atoms with Crippen molar-refractivity contribution in [3.05, 3.63) is 77.4 Å². The lowest BCUT2D eigenvalue weighted by Crippen LogP contribution is -2.63. The number of carbonyl (C=O) groups is 2. The van der Waals surface area contributed by atoms with E-state index in [4.69, 9.17) is 4.99 Å². The maximum absolute atomic E-state index is 14.2. The molecule has 1 saturated heterocycles. The topological polar surface area (TPSA) is 59.5 Å². The highest BCUT2D eigenvalue weighted by Gasteiger charge is 2.54. The van der Waals surface area contributed by atoms with Gasteiger partial charge in [0, 0.05) is 24.5 Å². The second-order valence-corrected chi connectivity index (χ2v) is 8.00. The molecule has 0 radical (unpaired) electrons. The van der Waals surface area contributed by atoms with Crippen molar-refractivity contribution in [3.63, 3.8) is 0 Å². The van der Waals surface area contributed by atoms with Crippen molar-refractivity contribution in [1.82, 2.24) is 14.7 Å². The molecule has 2 aromatic rings. The Morgan fingerprint density at radius 2 is 1.74 bits per heavy atom. The quantitative estimate of drug-likeness (QED) is 0.766. The van der Waals surface area contributed by atoms with E-state index in [1.807, 2.05) is 54.1 Å². The van der Waals surface area contributed by atoms with E-state index in [0.29, 0.717) is 11.5 Å². The predicted octanol–water partition coefficient (Wildman–Crippen LogP) is 3.28. The van der Waals surface area contributed by atoms with Crippen molar-refractivity contribution in [2.24, 2.45) is 4.99 Å². The number of carbonyl (C=O) groups excluding carboxylic acids is 2. The van der Waals surface area contributed by atoms with Gasteiger partial charge in [0.1, 0.15) is 5.82 Å². The molecule has 0 bridgehead atoms. The van der Waals surface area contributed by atoms with Gasteiger partial charge >= 0.3 is 6.03 Å². The molecule has 1 fully saturated rings. The normalized spacial score (nSPS) is 22.6. The van der Waals surface area contributed by atoms with Crippen LogP contribution in [0.15, 0.2) is 65.4 Å². The summed E-state index contributed by atoms with van der Waals surface area (Å²) in [7, 11) is 1.63. The third-order valence-corrected chi connectivity index (χ3v) is 6.03. The van der Waals surface area contributed by atoms with Gasteiger partial charge in [-0.25, -0.2) is 14.2 Å². The highest BCUT2D eigenvalue weighted by molar-refractivity contribution is 6.10. The lowest BCUT2D eigenvalue weighted by atomic mass is 10.1. The number of hydrogen-bond donors (Lipinski definition) is 0. The van der Waals surface area contributed by atoms with Crippen LogP contribution >= 0.6 is 0 Å². The van der Waals surface area contributed by atoms with Crippen LogP contribution in [0.1, 0.15) is 18.1 Å². The molecule has 0 spiro atoms. The Balaban J connectivity index is 1.50. The molecular formula is C23H22FN5O2. The largest absolute Gasteiger partial charge is 0.328 e. The Morgan fingerprint density at radius 3 is 2.48 bits per heavy atom. The SMILES string of the molecule is CC1=CN2C(=NC3C2C(=O)N(Cc2ccccc2F)C(=O)N3C)N1c1ccccc1C. The minimum absolute atomic E-state index is 0.120. The third kappa shape index (κ3) is 2.82.